The Kier molecular flexibility index (Phi) is 4.69. The minimum Gasteiger partial charge on any atom is -0.508 e. The van der Waals surface area contributed by atoms with E-state index in [-0.39, 0.29) is 11.7 Å². The van der Waals surface area contributed by atoms with E-state index in [1.54, 1.807) is 6.07 Å². The zero-order valence-electron chi connectivity index (χ0n) is 12.7. The SMILES string of the molecule is Cc1ccc(C(=O)N(CC(C)C)C2CCCC2)cc1O. The molecule has 1 aromatic rings. The molecule has 20 heavy (non-hydrogen) atoms. The highest BCUT2D eigenvalue weighted by Gasteiger charge is 2.28. The fraction of sp³-hybridized carbons (Fsp3) is 0.588. The standard InChI is InChI=1S/C17H25NO2/c1-12(2)11-18(15-6-4-5-7-15)17(20)14-9-8-13(3)16(19)10-14/h8-10,12,15,19H,4-7,11H2,1-3H3. The number of hydrogen-bond acceptors (Lipinski definition) is 2. The molecule has 1 aromatic carbocycles. The van der Waals surface area contributed by atoms with Gasteiger partial charge in [-0.15, -0.1) is 0 Å². The van der Waals surface area contributed by atoms with Gasteiger partial charge in [0, 0.05) is 18.2 Å². The number of amides is 1. The van der Waals surface area contributed by atoms with Gasteiger partial charge in [0.25, 0.3) is 5.91 Å². The van der Waals surface area contributed by atoms with Crippen LogP contribution < -0.4 is 0 Å². The second kappa shape index (κ2) is 6.29. The highest BCUT2D eigenvalue weighted by Crippen LogP contribution is 2.27. The first-order valence-corrected chi connectivity index (χ1v) is 7.59. The highest BCUT2D eigenvalue weighted by atomic mass is 16.3. The summed E-state index contributed by atoms with van der Waals surface area (Å²) in [4.78, 5) is 14.8. The summed E-state index contributed by atoms with van der Waals surface area (Å²) in [6.45, 7) is 6.91. The summed E-state index contributed by atoms with van der Waals surface area (Å²) in [6.07, 6.45) is 4.64. The summed E-state index contributed by atoms with van der Waals surface area (Å²) >= 11 is 0. The largest absolute Gasteiger partial charge is 0.508 e. The molecule has 1 fully saturated rings. The Morgan fingerprint density at radius 1 is 1.35 bits per heavy atom. The number of aromatic hydroxyl groups is 1. The smallest absolute Gasteiger partial charge is 0.254 e. The van der Waals surface area contributed by atoms with Crippen molar-refractivity contribution in [3.05, 3.63) is 29.3 Å². The Balaban J connectivity index is 2.22. The van der Waals surface area contributed by atoms with Crippen LogP contribution in [0, 0.1) is 12.8 Å². The van der Waals surface area contributed by atoms with E-state index in [9.17, 15) is 9.90 Å². The van der Waals surface area contributed by atoms with Crippen LogP contribution >= 0.6 is 0 Å². The molecule has 1 N–H and O–H groups in total. The summed E-state index contributed by atoms with van der Waals surface area (Å²) in [6, 6.07) is 5.60. The normalized spacial score (nSPS) is 15.8. The predicted molar refractivity (Wildman–Crippen MR) is 81.0 cm³/mol. The molecule has 1 saturated carbocycles. The monoisotopic (exact) mass is 275 g/mol. The van der Waals surface area contributed by atoms with E-state index >= 15 is 0 Å². The summed E-state index contributed by atoms with van der Waals surface area (Å²) in [5.41, 5.74) is 1.40. The van der Waals surface area contributed by atoms with Gasteiger partial charge < -0.3 is 10.0 Å². The fourth-order valence-electron chi connectivity index (χ4n) is 2.92. The van der Waals surface area contributed by atoms with E-state index in [0.717, 1.165) is 24.9 Å². The van der Waals surface area contributed by atoms with Gasteiger partial charge in [-0.05, 0) is 43.4 Å². The lowest BCUT2D eigenvalue weighted by Crippen LogP contribution is -2.41. The summed E-state index contributed by atoms with van der Waals surface area (Å²) < 4.78 is 0. The molecule has 0 heterocycles. The van der Waals surface area contributed by atoms with E-state index in [1.165, 1.54) is 12.8 Å². The van der Waals surface area contributed by atoms with Gasteiger partial charge in [-0.25, -0.2) is 0 Å². The van der Waals surface area contributed by atoms with Crippen molar-refractivity contribution in [2.24, 2.45) is 5.92 Å². The molecule has 0 unspecified atom stereocenters. The van der Waals surface area contributed by atoms with Crippen LogP contribution in [0.5, 0.6) is 5.75 Å². The van der Waals surface area contributed by atoms with E-state index in [2.05, 4.69) is 13.8 Å². The number of rotatable bonds is 4. The van der Waals surface area contributed by atoms with Crippen LogP contribution in [0.4, 0.5) is 0 Å². The summed E-state index contributed by atoms with van der Waals surface area (Å²) in [5.74, 6) is 0.714. The van der Waals surface area contributed by atoms with Gasteiger partial charge >= 0.3 is 0 Å². The van der Waals surface area contributed by atoms with E-state index in [1.807, 2.05) is 24.0 Å². The Morgan fingerprint density at radius 3 is 2.55 bits per heavy atom. The van der Waals surface area contributed by atoms with Crippen LogP contribution in [0.2, 0.25) is 0 Å². The molecule has 3 nitrogen and oxygen atoms in total. The number of nitrogens with zero attached hydrogens (tertiary/aromatic N) is 1. The molecule has 0 aliphatic heterocycles. The van der Waals surface area contributed by atoms with Crippen LogP contribution in [0.1, 0.15) is 55.5 Å². The number of aryl methyl sites for hydroxylation is 1. The molecule has 110 valence electrons. The Hall–Kier alpha value is -1.51. The molecule has 1 aliphatic carbocycles. The van der Waals surface area contributed by atoms with Crippen LogP contribution in [0.3, 0.4) is 0 Å². The third kappa shape index (κ3) is 3.33. The molecule has 1 aliphatic rings. The third-order valence-corrected chi connectivity index (χ3v) is 4.04. The first kappa shape index (κ1) is 14.9. The van der Waals surface area contributed by atoms with Gasteiger partial charge in [-0.1, -0.05) is 32.8 Å². The minimum absolute atomic E-state index is 0.0564. The third-order valence-electron chi connectivity index (χ3n) is 4.04. The van der Waals surface area contributed by atoms with Gasteiger partial charge in [-0.3, -0.25) is 4.79 Å². The molecule has 0 bridgehead atoms. The Labute approximate surface area is 121 Å². The van der Waals surface area contributed by atoms with E-state index < -0.39 is 0 Å². The highest BCUT2D eigenvalue weighted by molar-refractivity contribution is 5.95. The first-order chi connectivity index (χ1) is 9.49. The molecular formula is C17H25NO2. The van der Waals surface area contributed by atoms with Crippen LogP contribution in [-0.2, 0) is 0 Å². The van der Waals surface area contributed by atoms with Crippen molar-refractivity contribution < 1.29 is 9.90 Å². The maximum atomic E-state index is 12.7. The Morgan fingerprint density at radius 2 is 2.00 bits per heavy atom. The average Bonchev–Trinajstić information content (AvgIpc) is 2.92. The van der Waals surface area contributed by atoms with E-state index in [4.69, 9.17) is 0 Å². The lowest BCUT2D eigenvalue weighted by molar-refractivity contribution is 0.0655. The zero-order valence-corrected chi connectivity index (χ0v) is 12.7. The molecule has 0 saturated heterocycles. The van der Waals surface area contributed by atoms with Gasteiger partial charge in [0.1, 0.15) is 5.75 Å². The zero-order chi connectivity index (χ0) is 14.7. The van der Waals surface area contributed by atoms with Crippen molar-refractivity contribution in [2.75, 3.05) is 6.54 Å². The second-order valence-corrected chi connectivity index (χ2v) is 6.29. The molecule has 1 amide bonds. The van der Waals surface area contributed by atoms with Crippen molar-refractivity contribution in [2.45, 2.75) is 52.5 Å². The Bertz CT molecular complexity index is 476. The number of benzene rings is 1. The van der Waals surface area contributed by atoms with Gasteiger partial charge in [0.15, 0.2) is 0 Å². The topological polar surface area (TPSA) is 40.5 Å². The molecule has 2 rings (SSSR count). The predicted octanol–water partition coefficient (Wildman–Crippen LogP) is 3.74. The average molecular weight is 275 g/mol. The van der Waals surface area contributed by atoms with E-state index in [0.29, 0.717) is 17.5 Å². The number of hydrogen-bond donors (Lipinski definition) is 1. The number of phenols is 1. The quantitative estimate of drug-likeness (QED) is 0.909. The van der Waals surface area contributed by atoms with Crippen molar-refractivity contribution in [1.82, 2.24) is 4.90 Å². The molecule has 0 radical (unpaired) electrons. The number of carbonyl (C=O) groups is 1. The van der Waals surface area contributed by atoms with Crippen molar-refractivity contribution in [3.63, 3.8) is 0 Å². The molecule has 0 spiro atoms. The van der Waals surface area contributed by atoms with Gasteiger partial charge in [0.05, 0.1) is 0 Å². The van der Waals surface area contributed by atoms with Gasteiger partial charge in [0.2, 0.25) is 0 Å². The van der Waals surface area contributed by atoms with Crippen molar-refractivity contribution in [3.8, 4) is 5.75 Å². The maximum absolute atomic E-state index is 12.7. The number of phenolic OH excluding ortho intramolecular Hbond substituents is 1. The lowest BCUT2D eigenvalue weighted by Gasteiger charge is -2.30. The number of carbonyl (C=O) groups excluding carboxylic acids is 1. The molecule has 3 heteroatoms. The second-order valence-electron chi connectivity index (χ2n) is 6.29. The fourth-order valence-corrected chi connectivity index (χ4v) is 2.92. The van der Waals surface area contributed by atoms with Crippen LogP contribution in [-0.4, -0.2) is 28.5 Å². The molecule has 0 aromatic heterocycles. The summed E-state index contributed by atoms with van der Waals surface area (Å²) in [5, 5.41) is 9.81. The minimum atomic E-state index is 0.0564. The molecular weight excluding hydrogens is 250 g/mol. The van der Waals surface area contributed by atoms with Crippen molar-refractivity contribution in [1.29, 1.82) is 0 Å². The summed E-state index contributed by atoms with van der Waals surface area (Å²) in [7, 11) is 0. The van der Waals surface area contributed by atoms with Gasteiger partial charge in [-0.2, -0.15) is 0 Å². The molecule has 0 atom stereocenters. The van der Waals surface area contributed by atoms with Crippen LogP contribution in [0.15, 0.2) is 18.2 Å². The lowest BCUT2D eigenvalue weighted by atomic mass is 10.1. The van der Waals surface area contributed by atoms with Crippen LogP contribution in [0.25, 0.3) is 0 Å². The maximum Gasteiger partial charge on any atom is 0.254 e. The van der Waals surface area contributed by atoms with Crippen molar-refractivity contribution >= 4 is 5.91 Å². The first-order valence-electron chi connectivity index (χ1n) is 7.59.